The second-order valence-electron chi connectivity index (χ2n) is 7.07. The van der Waals surface area contributed by atoms with Crippen LogP contribution in [0.1, 0.15) is 56.9 Å². The summed E-state index contributed by atoms with van der Waals surface area (Å²) >= 11 is 6.47. The first-order valence-corrected chi connectivity index (χ1v) is 7.95. The molecule has 0 fully saturated rings. The Hall–Kier alpha value is -0.990. The van der Waals surface area contributed by atoms with E-state index in [0.717, 1.165) is 22.8 Å². The number of nitrogens with one attached hydrogen (secondary N) is 1. The van der Waals surface area contributed by atoms with Gasteiger partial charge in [0, 0.05) is 11.3 Å². The number of benzene rings is 1. The summed E-state index contributed by atoms with van der Waals surface area (Å²) in [7, 11) is 0. The van der Waals surface area contributed by atoms with Crippen LogP contribution in [0, 0.1) is 12.8 Å². The molecule has 0 aliphatic rings. The lowest BCUT2D eigenvalue weighted by Crippen LogP contribution is -2.10. The van der Waals surface area contributed by atoms with Gasteiger partial charge in [0.15, 0.2) is 0 Å². The van der Waals surface area contributed by atoms with Crippen LogP contribution in [-0.2, 0) is 5.41 Å². The number of aromatic amines is 1. The molecule has 1 unspecified atom stereocenters. The molecule has 0 bridgehead atoms. The molecule has 1 N–H and O–H groups in total. The largest absolute Gasteiger partial charge is 0.342 e. The number of aryl methyl sites for hydroxylation is 1. The molecule has 1 heterocycles. The highest BCUT2D eigenvalue weighted by Gasteiger charge is 2.20. The molecular weight excluding hydrogens is 315 g/mol. The van der Waals surface area contributed by atoms with Crippen LogP contribution in [0.3, 0.4) is 0 Å². The van der Waals surface area contributed by atoms with E-state index in [2.05, 4.69) is 63.9 Å². The number of hydrogen-bond acceptors (Lipinski definition) is 1. The highest BCUT2D eigenvalue weighted by atomic mass is 35.5. The first kappa shape index (κ1) is 19.1. The molecule has 0 saturated carbocycles. The number of H-pyrrole nitrogens is 1. The maximum Gasteiger partial charge on any atom is 0.137 e. The molecule has 1 atom stereocenters. The van der Waals surface area contributed by atoms with Crippen LogP contribution in [0.2, 0.25) is 0 Å². The Bertz CT molecular complexity index is 624. The van der Waals surface area contributed by atoms with E-state index in [1.807, 2.05) is 6.92 Å². The van der Waals surface area contributed by atoms with Gasteiger partial charge in [-0.3, -0.25) is 0 Å². The van der Waals surface area contributed by atoms with E-state index in [0.29, 0.717) is 5.92 Å². The summed E-state index contributed by atoms with van der Waals surface area (Å²) in [5.74, 6) is 1.27. The van der Waals surface area contributed by atoms with Crippen LogP contribution < -0.4 is 0 Å². The molecule has 0 radical (unpaired) electrons. The predicted molar refractivity (Wildman–Crippen MR) is 98.1 cm³/mol. The highest BCUT2D eigenvalue weighted by Crippen LogP contribution is 2.32. The number of halogens is 2. The molecule has 1 aromatic heterocycles. The molecule has 0 spiro atoms. The Morgan fingerprint density at radius 3 is 2.36 bits per heavy atom. The van der Waals surface area contributed by atoms with Crippen molar-refractivity contribution in [1.29, 1.82) is 0 Å². The fourth-order valence-electron chi connectivity index (χ4n) is 2.33. The van der Waals surface area contributed by atoms with Crippen molar-refractivity contribution in [3.63, 3.8) is 0 Å². The van der Waals surface area contributed by atoms with Gasteiger partial charge in [-0.05, 0) is 29.9 Å². The topological polar surface area (TPSA) is 28.7 Å². The number of hydrogen-bond donors (Lipinski definition) is 1. The fraction of sp³-hybridized carbons (Fsp3) is 0.500. The van der Waals surface area contributed by atoms with Gasteiger partial charge in [0.2, 0.25) is 0 Å². The van der Waals surface area contributed by atoms with Crippen LogP contribution in [0.15, 0.2) is 24.3 Å². The summed E-state index contributed by atoms with van der Waals surface area (Å²) in [4.78, 5) is 8.12. The number of aromatic nitrogens is 2. The Labute approximate surface area is 145 Å². The average molecular weight is 341 g/mol. The Morgan fingerprint density at radius 2 is 1.82 bits per heavy atom. The third kappa shape index (κ3) is 4.05. The summed E-state index contributed by atoms with van der Waals surface area (Å²) in [6.45, 7) is 12.9. The first-order chi connectivity index (χ1) is 9.70. The molecule has 2 aromatic rings. The summed E-state index contributed by atoms with van der Waals surface area (Å²) in [6.07, 6.45) is 0. The average Bonchev–Trinajstić information content (AvgIpc) is 2.79. The maximum absolute atomic E-state index is 6.47. The number of alkyl halides is 1. The van der Waals surface area contributed by atoms with Crippen molar-refractivity contribution in [2.45, 2.75) is 52.3 Å². The van der Waals surface area contributed by atoms with E-state index in [-0.39, 0.29) is 23.2 Å². The van der Waals surface area contributed by atoms with Crippen molar-refractivity contribution in [3.8, 4) is 11.4 Å². The van der Waals surface area contributed by atoms with Crippen LogP contribution in [-0.4, -0.2) is 9.97 Å². The van der Waals surface area contributed by atoms with Gasteiger partial charge in [0.1, 0.15) is 5.82 Å². The van der Waals surface area contributed by atoms with Crippen molar-refractivity contribution >= 4 is 24.0 Å². The minimum absolute atomic E-state index is 0. The SMILES string of the molecule is Cc1[nH]c(-c2cccc(C(C)(C)C)c2)nc1C(Cl)C(C)C.Cl. The number of rotatable bonds is 3. The van der Waals surface area contributed by atoms with Crippen LogP contribution in [0.5, 0.6) is 0 Å². The molecule has 2 rings (SSSR count). The van der Waals surface area contributed by atoms with Crippen LogP contribution in [0.4, 0.5) is 0 Å². The summed E-state index contributed by atoms with van der Waals surface area (Å²) in [6, 6.07) is 8.56. The minimum Gasteiger partial charge on any atom is -0.342 e. The van der Waals surface area contributed by atoms with E-state index in [4.69, 9.17) is 16.6 Å². The normalized spacial score (nSPS) is 13.1. The molecule has 22 heavy (non-hydrogen) atoms. The monoisotopic (exact) mass is 340 g/mol. The maximum atomic E-state index is 6.47. The van der Waals surface area contributed by atoms with E-state index in [1.54, 1.807) is 0 Å². The van der Waals surface area contributed by atoms with Crippen molar-refractivity contribution in [2.75, 3.05) is 0 Å². The van der Waals surface area contributed by atoms with Gasteiger partial charge in [0.25, 0.3) is 0 Å². The standard InChI is InChI=1S/C18H25ClN2.ClH/c1-11(2)15(19)16-12(3)20-17(21-16)13-8-7-9-14(10-13)18(4,5)6;/h7-11,15H,1-6H3,(H,20,21);1H. The lowest BCUT2D eigenvalue weighted by molar-refractivity contribution is 0.590. The van der Waals surface area contributed by atoms with Crippen molar-refractivity contribution in [3.05, 3.63) is 41.2 Å². The zero-order chi connectivity index (χ0) is 15.8. The van der Waals surface area contributed by atoms with E-state index in [9.17, 15) is 0 Å². The third-order valence-electron chi connectivity index (χ3n) is 3.77. The van der Waals surface area contributed by atoms with Gasteiger partial charge < -0.3 is 4.98 Å². The van der Waals surface area contributed by atoms with Crippen molar-refractivity contribution in [1.82, 2.24) is 9.97 Å². The van der Waals surface area contributed by atoms with Gasteiger partial charge >= 0.3 is 0 Å². The minimum atomic E-state index is -0.0548. The van der Waals surface area contributed by atoms with Crippen LogP contribution >= 0.6 is 24.0 Å². The molecule has 2 nitrogen and oxygen atoms in total. The molecule has 0 aliphatic carbocycles. The first-order valence-electron chi connectivity index (χ1n) is 7.51. The second kappa shape index (κ2) is 7.06. The molecule has 0 saturated heterocycles. The number of nitrogens with zero attached hydrogens (tertiary/aromatic N) is 1. The predicted octanol–water partition coefficient (Wildman–Crippen LogP) is 6.04. The smallest absolute Gasteiger partial charge is 0.137 e. The van der Waals surface area contributed by atoms with E-state index >= 15 is 0 Å². The summed E-state index contributed by atoms with van der Waals surface area (Å²) in [5, 5.41) is -0.0548. The quantitative estimate of drug-likeness (QED) is 0.677. The zero-order valence-electron chi connectivity index (χ0n) is 14.2. The zero-order valence-corrected chi connectivity index (χ0v) is 15.8. The van der Waals surface area contributed by atoms with E-state index in [1.165, 1.54) is 5.56 Å². The van der Waals surface area contributed by atoms with Gasteiger partial charge in [-0.25, -0.2) is 4.98 Å². The second-order valence-corrected chi connectivity index (χ2v) is 7.54. The molecule has 0 aliphatic heterocycles. The van der Waals surface area contributed by atoms with Gasteiger partial charge in [-0.2, -0.15) is 0 Å². The van der Waals surface area contributed by atoms with Gasteiger partial charge in [-0.1, -0.05) is 52.8 Å². The molecule has 4 heteroatoms. The molecular formula is C18H26Cl2N2. The van der Waals surface area contributed by atoms with Gasteiger partial charge in [-0.15, -0.1) is 24.0 Å². The highest BCUT2D eigenvalue weighted by molar-refractivity contribution is 6.20. The Balaban J connectivity index is 0.00000242. The third-order valence-corrected chi connectivity index (χ3v) is 4.48. The number of imidazole rings is 1. The summed E-state index contributed by atoms with van der Waals surface area (Å²) in [5.41, 5.74) is 4.57. The van der Waals surface area contributed by atoms with E-state index < -0.39 is 0 Å². The fourth-order valence-corrected chi connectivity index (χ4v) is 2.54. The molecule has 1 aromatic carbocycles. The lowest BCUT2D eigenvalue weighted by Gasteiger charge is -2.19. The summed E-state index contributed by atoms with van der Waals surface area (Å²) < 4.78 is 0. The van der Waals surface area contributed by atoms with Gasteiger partial charge in [0.05, 0.1) is 11.1 Å². The molecule has 122 valence electrons. The lowest BCUT2D eigenvalue weighted by atomic mass is 9.86. The Morgan fingerprint density at radius 1 is 1.18 bits per heavy atom. The van der Waals surface area contributed by atoms with Crippen LogP contribution in [0.25, 0.3) is 11.4 Å². The Kier molecular flexibility index (Phi) is 6.11. The van der Waals surface area contributed by atoms with Crippen molar-refractivity contribution in [2.24, 2.45) is 5.92 Å². The van der Waals surface area contributed by atoms with Crippen molar-refractivity contribution < 1.29 is 0 Å². The molecule has 0 amide bonds.